The van der Waals surface area contributed by atoms with Gasteiger partial charge >= 0.3 is 0 Å². The van der Waals surface area contributed by atoms with Crippen LogP contribution in [-0.4, -0.2) is 37.0 Å². The highest BCUT2D eigenvalue weighted by Crippen LogP contribution is 2.19. The maximum absolute atomic E-state index is 12.0. The van der Waals surface area contributed by atoms with Gasteiger partial charge in [0.25, 0.3) is 5.91 Å². The molecule has 0 aliphatic rings. The van der Waals surface area contributed by atoms with E-state index >= 15 is 0 Å². The lowest BCUT2D eigenvalue weighted by Gasteiger charge is -2.19. The van der Waals surface area contributed by atoms with E-state index < -0.39 is 0 Å². The molecule has 0 saturated heterocycles. The first-order chi connectivity index (χ1) is 9.08. The van der Waals surface area contributed by atoms with Gasteiger partial charge in [-0.25, -0.2) is 0 Å². The standard InChI is InChI=1S/C14H21ClN2OS/c1-3-8-17(4-2)9-7-16-14(18)12-10-11(19)5-6-13(12)15/h5-6,10,19H,3-4,7-9H2,1-2H3,(H,16,18). The van der Waals surface area contributed by atoms with Crippen LogP contribution in [0.4, 0.5) is 0 Å². The number of nitrogens with one attached hydrogen (secondary N) is 1. The van der Waals surface area contributed by atoms with E-state index in [1.807, 2.05) is 0 Å². The van der Waals surface area contributed by atoms with Crippen molar-refractivity contribution < 1.29 is 4.79 Å². The minimum atomic E-state index is -0.145. The van der Waals surface area contributed by atoms with E-state index in [9.17, 15) is 4.79 Å². The summed E-state index contributed by atoms with van der Waals surface area (Å²) in [5.41, 5.74) is 0.479. The van der Waals surface area contributed by atoms with Gasteiger partial charge in [0.05, 0.1) is 10.6 Å². The second-order valence-electron chi connectivity index (χ2n) is 4.35. The van der Waals surface area contributed by atoms with Gasteiger partial charge in [0.2, 0.25) is 0 Å². The van der Waals surface area contributed by atoms with Crippen LogP contribution in [0.25, 0.3) is 0 Å². The predicted octanol–water partition coefficient (Wildman–Crippen LogP) is 3.09. The largest absolute Gasteiger partial charge is 0.351 e. The molecule has 1 rings (SSSR count). The van der Waals surface area contributed by atoms with Crippen LogP contribution in [0.3, 0.4) is 0 Å². The van der Waals surface area contributed by atoms with Crippen LogP contribution in [0.5, 0.6) is 0 Å². The van der Waals surface area contributed by atoms with E-state index in [4.69, 9.17) is 11.6 Å². The third-order valence-corrected chi connectivity index (χ3v) is 3.50. The first-order valence-corrected chi connectivity index (χ1v) is 7.40. The van der Waals surface area contributed by atoms with Crippen molar-refractivity contribution in [3.05, 3.63) is 28.8 Å². The van der Waals surface area contributed by atoms with Gasteiger partial charge in [-0.15, -0.1) is 12.6 Å². The number of thiol groups is 1. The summed E-state index contributed by atoms with van der Waals surface area (Å²) in [6, 6.07) is 5.14. The Kier molecular flexibility index (Phi) is 7.28. The molecule has 106 valence electrons. The van der Waals surface area contributed by atoms with Gasteiger partial charge in [-0.1, -0.05) is 25.4 Å². The third-order valence-electron chi connectivity index (χ3n) is 2.90. The van der Waals surface area contributed by atoms with Crippen LogP contribution in [0.15, 0.2) is 23.1 Å². The van der Waals surface area contributed by atoms with Crippen LogP contribution < -0.4 is 5.32 Å². The Morgan fingerprint density at radius 1 is 1.37 bits per heavy atom. The van der Waals surface area contributed by atoms with Crippen molar-refractivity contribution in [2.75, 3.05) is 26.2 Å². The van der Waals surface area contributed by atoms with Gasteiger partial charge < -0.3 is 10.2 Å². The van der Waals surface area contributed by atoms with Crippen molar-refractivity contribution in [2.24, 2.45) is 0 Å². The van der Waals surface area contributed by atoms with Crippen molar-refractivity contribution >= 4 is 30.1 Å². The highest BCUT2D eigenvalue weighted by Gasteiger charge is 2.10. The molecule has 0 fully saturated rings. The predicted molar refractivity (Wildman–Crippen MR) is 83.4 cm³/mol. The van der Waals surface area contributed by atoms with Crippen LogP contribution in [0, 0.1) is 0 Å². The quantitative estimate of drug-likeness (QED) is 0.759. The molecule has 3 nitrogen and oxygen atoms in total. The Hall–Kier alpha value is -0.710. The summed E-state index contributed by atoms with van der Waals surface area (Å²) < 4.78 is 0. The molecular weight excluding hydrogens is 280 g/mol. The highest BCUT2D eigenvalue weighted by molar-refractivity contribution is 7.80. The SMILES string of the molecule is CCCN(CC)CCNC(=O)c1cc(S)ccc1Cl. The number of likely N-dealkylation sites (N-methyl/N-ethyl adjacent to an activating group) is 1. The normalized spacial score (nSPS) is 10.8. The number of hydrogen-bond acceptors (Lipinski definition) is 3. The molecule has 0 aliphatic carbocycles. The molecule has 0 saturated carbocycles. The van der Waals surface area contributed by atoms with Crippen molar-refractivity contribution in [2.45, 2.75) is 25.2 Å². The zero-order valence-electron chi connectivity index (χ0n) is 11.4. The van der Waals surface area contributed by atoms with Gasteiger partial charge in [-0.3, -0.25) is 4.79 Å². The van der Waals surface area contributed by atoms with Crippen molar-refractivity contribution in [1.82, 2.24) is 10.2 Å². The van der Waals surface area contributed by atoms with E-state index in [0.717, 1.165) is 31.0 Å². The summed E-state index contributed by atoms with van der Waals surface area (Å²) in [5, 5.41) is 3.35. The fourth-order valence-corrected chi connectivity index (χ4v) is 2.26. The molecule has 0 aromatic heterocycles. The number of halogens is 1. The Morgan fingerprint density at radius 3 is 2.74 bits per heavy atom. The molecule has 1 amide bonds. The van der Waals surface area contributed by atoms with E-state index in [2.05, 4.69) is 36.7 Å². The van der Waals surface area contributed by atoms with Crippen LogP contribution in [0.2, 0.25) is 5.02 Å². The molecule has 0 bridgehead atoms. The van der Waals surface area contributed by atoms with E-state index in [-0.39, 0.29) is 5.91 Å². The van der Waals surface area contributed by atoms with Gasteiger partial charge in [0.15, 0.2) is 0 Å². The van der Waals surface area contributed by atoms with Crippen LogP contribution >= 0.6 is 24.2 Å². The lowest BCUT2D eigenvalue weighted by atomic mass is 10.2. The molecule has 0 atom stereocenters. The number of amides is 1. The molecule has 0 aliphatic heterocycles. The van der Waals surface area contributed by atoms with Gasteiger partial charge in [0.1, 0.15) is 0 Å². The molecule has 1 N–H and O–H groups in total. The Morgan fingerprint density at radius 2 is 2.11 bits per heavy atom. The Labute approximate surface area is 125 Å². The van der Waals surface area contributed by atoms with Gasteiger partial charge in [-0.2, -0.15) is 0 Å². The molecule has 0 unspecified atom stereocenters. The summed E-state index contributed by atoms with van der Waals surface area (Å²) in [6.07, 6.45) is 1.12. The van der Waals surface area contributed by atoms with E-state index in [1.54, 1.807) is 18.2 Å². The van der Waals surface area contributed by atoms with Gasteiger partial charge in [0, 0.05) is 18.0 Å². The topological polar surface area (TPSA) is 32.3 Å². The summed E-state index contributed by atoms with van der Waals surface area (Å²) in [6.45, 7) is 7.81. The summed E-state index contributed by atoms with van der Waals surface area (Å²) in [7, 11) is 0. The molecule has 0 radical (unpaired) electrons. The molecular formula is C14H21ClN2OS. The minimum Gasteiger partial charge on any atom is -0.351 e. The molecule has 0 heterocycles. The van der Waals surface area contributed by atoms with Crippen molar-refractivity contribution in [3.63, 3.8) is 0 Å². The van der Waals surface area contributed by atoms with Crippen molar-refractivity contribution in [3.8, 4) is 0 Å². The van der Waals surface area contributed by atoms with Gasteiger partial charge in [-0.05, 0) is 37.7 Å². The summed E-state index contributed by atoms with van der Waals surface area (Å²) in [5.74, 6) is -0.145. The second kappa shape index (κ2) is 8.46. The average Bonchev–Trinajstić information content (AvgIpc) is 2.40. The number of rotatable bonds is 7. The van der Waals surface area contributed by atoms with Crippen LogP contribution in [0.1, 0.15) is 30.6 Å². The third kappa shape index (κ3) is 5.43. The smallest absolute Gasteiger partial charge is 0.252 e. The first-order valence-electron chi connectivity index (χ1n) is 6.57. The number of carbonyl (C=O) groups excluding carboxylic acids is 1. The monoisotopic (exact) mass is 300 g/mol. The Bertz CT molecular complexity index is 426. The second-order valence-corrected chi connectivity index (χ2v) is 5.28. The zero-order chi connectivity index (χ0) is 14.3. The maximum Gasteiger partial charge on any atom is 0.252 e. The van der Waals surface area contributed by atoms with E-state index in [0.29, 0.717) is 17.1 Å². The lowest BCUT2D eigenvalue weighted by molar-refractivity contribution is 0.0948. The fraction of sp³-hybridized carbons (Fsp3) is 0.500. The molecule has 1 aromatic rings. The Balaban J connectivity index is 2.49. The lowest BCUT2D eigenvalue weighted by Crippen LogP contribution is -2.35. The molecule has 1 aromatic carbocycles. The number of benzene rings is 1. The molecule has 5 heteroatoms. The number of carbonyl (C=O) groups is 1. The summed E-state index contributed by atoms with van der Waals surface area (Å²) in [4.78, 5) is 15.0. The molecule has 19 heavy (non-hydrogen) atoms. The highest BCUT2D eigenvalue weighted by atomic mass is 35.5. The minimum absolute atomic E-state index is 0.145. The molecule has 0 spiro atoms. The van der Waals surface area contributed by atoms with Crippen LogP contribution in [-0.2, 0) is 0 Å². The van der Waals surface area contributed by atoms with E-state index in [1.165, 1.54) is 0 Å². The number of hydrogen-bond donors (Lipinski definition) is 2. The maximum atomic E-state index is 12.0. The fourth-order valence-electron chi connectivity index (χ4n) is 1.85. The average molecular weight is 301 g/mol. The zero-order valence-corrected chi connectivity index (χ0v) is 13.1. The summed E-state index contributed by atoms with van der Waals surface area (Å²) >= 11 is 10.2. The number of nitrogens with zero attached hydrogens (tertiary/aromatic N) is 1. The van der Waals surface area contributed by atoms with Crippen molar-refractivity contribution in [1.29, 1.82) is 0 Å². The first kappa shape index (κ1) is 16.3.